The smallest absolute Gasteiger partial charge is 0.361 e. The highest BCUT2D eigenvalue weighted by atomic mass is 16.6. The molecule has 2 rings (SSSR count). The monoisotopic (exact) mass is 392 g/mol. The molecule has 0 radical (unpaired) electrons. The fraction of sp³-hybridized carbons (Fsp3) is 0.444. The molecule has 0 heterocycles. The van der Waals surface area contributed by atoms with Crippen molar-refractivity contribution in [2.75, 3.05) is 0 Å². The Balaban J connectivity index is 1.78. The van der Waals surface area contributed by atoms with Gasteiger partial charge in [-0.15, -0.1) is 0 Å². The average Bonchev–Trinajstić information content (AvgIpc) is 2.66. The Bertz CT molecular complexity index is 763. The number of aliphatic carboxylic acids is 1. The van der Waals surface area contributed by atoms with Gasteiger partial charge in [-0.25, -0.2) is 4.79 Å². The van der Waals surface area contributed by atoms with Gasteiger partial charge in [0, 0.05) is 19.1 Å². The van der Waals surface area contributed by atoms with Crippen molar-refractivity contribution < 1.29 is 34.0 Å². The van der Waals surface area contributed by atoms with Gasteiger partial charge < -0.3 is 14.7 Å². The second-order valence-electron chi connectivity index (χ2n) is 6.41. The van der Waals surface area contributed by atoms with Crippen LogP contribution in [0.1, 0.15) is 38.2 Å². The Morgan fingerprint density at radius 1 is 1.18 bits per heavy atom. The van der Waals surface area contributed by atoms with Crippen molar-refractivity contribution in [2.45, 2.75) is 45.3 Å². The summed E-state index contributed by atoms with van der Waals surface area (Å²) in [6.45, 7) is 1.12. The third-order valence-electron chi connectivity index (χ3n) is 4.36. The summed E-state index contributed by atoms with van der Waals surface area (Å²) in [4.78, 5) is 49.4. The second-order valence-corrected chi connectivity index (χ2v) is 6.41. The summed E-state index contributed by atoms with van der Waals surface area (Å²) in [5.41, 5.74) is -0.0488. The van der Waals surface area contributed by atoms with Crippen LogP contribution in [0.3, 0.4) is 0 Å². The number of carbonyl (C=O) groups excluding carboxylic acids is 2. The zero-order valence-electron chi connectivity index (χ0n) is 15.2. The number of nitro benzene ring substituents is 1. The van der Waals surface area contributed by atoms with Gasteiger partial charge in [0.15, 0.2) is 5.78 Å². The third kappa shape index (κ3) is 5.86. The number of ether oxygens (including phenoxy) is 1. The molecule has 0 bridgehead atoms. The van der Waals surface area contributed by atoms with E-state index in [2.05, 4.69) is 5.16 Å². The van der Waals surface area contributed by atoms with Crippen molar-refractivity contribution in [3.63, 3.8) is 0 Å². The van der Waals surface area contributed by atoms with E-state index in [1.54, 1.807) is 0 Å². The summed E-state index contributed by atoms with van der Waals surface area (Å²) < 4.78 is 5.26. The van der Waals surface area contributed by atoms with Gasteiger partial charge in [-0.1, -0.05) is 5.16 Å². The maximum atomic E-state index is 12.2. The molecule has 0 saturated heterocycles. The number of esters is 1. The largest absolute Gasteiger partial charge is 0.476 e. The average molecular weight is 392 g/mol. The minimum absolute atomic E-state index is 0.0259. The topological polar surface area (TPSA) is 145 Å². The zero-order chi connectivity index (χ0) is 20.7. The highest BCUT2D eigenvalue weighted by Gasteiger charge is 2.29. The number of carboxylic acid groups (broad SMARTS) is 1. The first-order chi connectivity index (χ1) is 13.3. The van der Waals surface area contributed by atoms with Gasteiger partial charge in [-0.3, -0.25) is 19.7 Å². The molecule has 150 valence electrons. The molecule has 0 atom stereocenters. The van der Waals surface area contributed by atoms with Crippen LogP contribution in [0.15, 0.2) is 29.4 Å². The molecule has 1 aromatic rings. The van der Waals surface area contributed by atoms with Gasteiger partial charge in [0.05, 0.1) is 10.8 Å². The molecule has 1 fully saturated rings. The number of hydrogen-bond donors (Lipinski definition) is 1. The van der Waals surface area contributed by atoms with Crippen molar-refractivity contribution in [2.24, 2.45) is 11.1 Å². The van der Waals surface area contributed by atoms with Crippen molar-refractivity contribution in [3.8, 4) is 0 Å². The lowest BCUT2D eigenvalue weighted by atomic mass is 9.87. The first-order valence-corrected chi connectivity index (χ1v) is 8.66. The number of non-ortho nitro benzene ring substituents is 1. The predicted octanol–water partition coefficient (Wildman–Crippen LogP) is 2.24. The molecular weight excluding hydrogens is 372 g/mol. The predicted molar refractivity (Wildman–Crippen MR) is 95.5 cm³/mol. The fourth-order valence-electron chi connectivity index (χ4n) is 2.77. The van der Waals surface area contributed by atoms with Crippen LogP contribution in [0.5, 0.6) is 0 Å². The Kier molecular flexibility index (Phi) is 7.19. The van der Waals surface area contributed by atoms with E-state index >= 15 is 0 Å². The number of oxime groups is 1. The molecule has 10 heteroatoms. The van der Waals surface area contributed by atoms with Crippen LogP contribution < -0.4 is 0 Å². The number of nitrogens with zero attached hydrogens (tertiary/aromatic N) is 2. The van der Waals surface area contributed by atoms with Crippen molar-refractivity contribution in [3.05, 3.63) is 39.9 Å². The SMILES string of the molecule is CC(=O)/C(=N/O[C@H]1CC[C@H](C(=O)OCc2ccc([N+](=O)[O-])cc2)CC1)C(=O)O. The van der Waals surface area contributed by atoms with Gasteiger partial charge in [0.1, 0.15) is 12.7 Å². The lowest BCUT2D eigenvalue weighted by Gasteiger charge is -2.25. The van der Waals surface area contributed by atoms with Crippen LogP contribution >= 0.6 is 0 Å². The molecule has 0 spiro atoms. The number of rotatable bonds is 8. The Morgan fingerprint density at radius 3 is 2.29 bits per heavy atom. The minimum atomic E-state index is -1.45. The molecule has 1 saturated carbocycles. The maximum absolute atomic E-state index is 12.2. The fourth-order valence-corrected chi connectivity index (χ4v) is 2.77. The first kappa shape index (κ1) is 21.0. The van der Waals surface area contributed by atoms with Crippen LogP contribution in [0.4, 0.5) is 5.69 Å². The molecule has 0 amide bonds. The quantitative estimate of drug-likeness (QED) is 0.233. The van der Waals surface area contributed by atoms with Crippen molar-refractivity contribution in [1.82, 2.24) is 0 Å². The summed E-state index contributed by atoms with van der Waals surface area (Å²) in [5.74, 6) is -2.82. The van der Waals surface area contributed by atoms with Crippen molar-refractivity contribution >= 4 is 29.1 Å². The Morgan fingerprint density at radius 2 is 1.79 bits per heavy atom. The van der Waals surface area contributed by atoms with Gasteiger partial charge in [0.2, 0.25) is 5.71 Å². The van der Waals surface area contributed by atoms with Gasteiger partial charge in [-0.05, 0) is 43.4 Å². The molecule has 10 nitrogen and oxygen atoms in total. The Hall–Kier alpha value is -3.30. The van der Waals surface area contributed by atoms with E-state index in [0.29, 0.717) is 31.2 Å². The number of hydrogen-bond acceptors (Lipinski definition) is 8. The number of nitro groups is 1. The molecular formula is C18H20N2O8. The summed E-state index contributed by atoms with van der Waals surface area (Å²) in [7, 11) is 0. The number of ketones is 1. The van der Waals surface area contributed by atoms with E-state index in [4.69, 9.17) is 14.7 Å². The normalized spacial score (nSPS) is 19.5. The summed E-state index contributed by atoms with van der Waals surface area (Å²) in [6.07, 6.45) is 1.56. The minimum Gasteiger partial charge on any atom is -0.476 e. The molecule has 0 aromatic heterocycles. The van der Waals surface area contributed by atoms with E-state index in [9.17, 15) is 24.5 Å². The number of carboxylic acids is 1. The van der Waals surface area contributed by atoms with Crippen LogP contribution in [0, 0.1) is 16.0 Å². The lowest BCUT2D eigenvalue weighted by Crippen LogP contribution is -2.28. The molecule has 1 aliphatic rings. The molecule has 1 aliphatic carbocycles. The Labute approximate surface area is 160 Å². The number of benzene rings is 1. The van der Waals surface area contributed by atoms with Crippen LogP contribution in [0.25, 0.3) is 0 Å². The first-order valence-electron chi connectivity index (χ1n) is 8.66. The maximum Gasteiger partial charge on any atom is 0.361 e. The molecule has 28 heavy (non-hydrogen) atoms. The van der Waals surface area contributed by atoms with E-state index in [-0.39, 0.29) is 30.3 Å². The summed E-state index contributed by atoms with van der Waals surface area (Å²) >= 11 is 0. The van der Waals surface area contributed by atoms with Crippen LogP contribution in [-0.4, -0.2) is 39.6 Å². The van der Waals surface area contributed by atoms with E-state index in [1.807, 2.05) is 0 Å². The third-order valence-corrected chi connectivity index (χ3v) is 4.36. The van der Waals surface area contributed by atoms with E-state index < -0.39 is 22.4 Å². The number of Topliss-reactive ketones (excluding diaryl/α,β-unsaturated/α-hetero) is 1. The van der Waals surface area contributed by atoms with E-state index in [1.165, 1.54) is 24.3 Å². The van der Waals surface area contributed by atoms with Crippen LogP contribution in [-0.2, 0) is 30.6 Å². The summed E-state index contributed by atoms with van der Waals surface area (Å²) in [6, 6.07) is 5.75. The molecule has 0 unspecified atom stereocenters. The van der Waals surface area contributed by atoms with Crippen molar-refractivity contribution in [1.29, 1.82) is 0 Å². The molecule has 1 aromatic carbocycles. The molecule has 1 N–H and O–H groups in total. The van der Waals surface area contributed by atoms with Gasteiger partial charge in [0.25, 0.3) is 5.69 Å². The zero-order valence-corrected chi connectivity index (χ0v) is 15.2. The highest BCUT2D eigenvalue weighted by Crippen LogP contribution is 2.27. The van der Waals surface area contributed by atoms with Gasteiger partial charge >= 0.3 is 11.9 Å². The van der Waals surface area contributed by atoms with Gasteiger partial charge in [-0.2, -0.15) is 0 Å². The summed E-state index contributed by atoms with van der Waals surface area (Å²) in [5, 5.41) is 22.9. The van der Waals surface area contributed by atoms with Crippen LogP contribution in [0.2, 0.25) is 0 Å². The standard InChI is InChI=1S/C18H20N2O8/c1-11(21)16(17(22)23)19-28-15-8-4-13(5-9-15)18(24)27-10-12-2-6-14(7-3-12)20(25)26/h2-3,6-7,13,15H,4-5,8-10H2,1H3,(H,22,23)/b19-16-/t13-,15-. The highest BCUT2D eigenvalue weighted by molar-refractivity contribution is 6.63. The lowest BCUT2D eigenvalue weighted by molar-refractivity contribution is -0.384. The molecule has 0 aliphatic heterocycles. The second kappa shape index (κ2) is 9.58. The van der Waals surface area contributed by atoms with E-state index in [0.717, 1.165) is 6.92 Å². The number of carbonyl (C=O) groups is 3.